The molecule has 2 aromatic heterocycles. The SMILES string of the molecule is Cc1ccnc2c1nc(CCl)n2C1CCOC(C)C1. The van der Waals surface area contributed by atoms with E-state index in [9.17, 15) is 0 Å². The molecule has 19 heavy (non-hydrogen) atoms. The average molecular weight is 280 g/mol. The van der Waals surface area contributed by atoms with Gasteiger partial charge in [-0.25, -0.2) is 9.97 Å². The third-order valence-corrected chi connectivity index (χ3v) is 4.03. The maximum Gasteiger partial charge on any atom is 0.160 e. The number of hydrogen-bond acceptors (Lipinski definition) is 3. The first kappa shape index (κ1) is 12.9. The van der Waals surface area contributed by atoms with Crippen LogP contribution in [0.25, 0.3) is 11.2 Å². The lowest BCUT2D eigenvalue weighted by Gasteiger charge is -2.29. The number of aromatic nitrogens is 3. The Morgan fingerprint density at radius 2 is 2.37 bits per heavy atom. The van der Waals surface area contributed by atoms with Gasteiger partial charge in [-0.3, -0.25) is 0 Å². The highest BCUT2D eigenvalue weighted by molar-refractivity contribution is 6.16. The zero-order valence-corrected chi connectivity index (χ0v) is 12.0. The fraction of sp³-hybridized carbons (Fsp3) is 0.571. The second-order valence-corrected chi connectivity index (χ2v) is 5.46. The summed E-state index contributed by atoms with van der Waals surface area (Å²) in [7, 11) is 0. The molecule has 0 spiro atoms. The lowest BCUT2D eigenvalue weighted by atomic mass is 10.0. The molecule has 0 bridgehead atoms. The number of fused-ring (bicyclic) bond motifs is 1. The highest BCUT2D eigenvalue weighted by atomic mass is 35.5. The van der Waals surface area contributed by atoms with Crippen molar-refractivity contribution in [2.24, 2.45) is 0 Å². The van der Waals surface area contributed by atoms with Crippen LogP contribution in [0.5, 0.6) is 0 Å². The van der Waals surface area contributed by atoms with Gasteiger partial charge in [0.1, 0.15) is 11.3 Å². The number of aryl methyl sites for hydroxylation is 1. The Morgan fingerprint density at radius 3 is 3.11 bits per heavy atom. The molecule has 0 N–H and O–H groups in total. The van der Waals surface area contributed by atoms with Crippen molar-refractivity contribution in [3.63, 3.8) is 0 Å². The maximum absolute atomic E-state index is 6.07. The third-order valence-electron chi connectivity index (χ3n) is 3.80. The van der Waals surface area contributed by atoms with Crippen molar-refractivity contribution in [2.45, 2.75) is 44.7 Å². The second-order valence-electron chi connectivity index (χ2n) is 5.19. The number of hydrogen-bond donors (Lipinski definition) is 0. The van der Waals surface area contributed by atoms with E-state index < -0.39 is 0 Å². The van der Waals surface area contributed by atoms with Gasteiger partial charge in [0.25, 0.3) is 0 Å². The van der Waals surface area contributed by atoms with E-state index in [0.717, 1.165) is 42.0 Å². The van der Waals surface area contributed by atoms with Crippen LogP contribution >= 0.6 is 11.6 Å². The fourth-order valence-corrected chi connectivity index (χ4v) is 3.03. The summed E-state index contributed by atoms with van der Waals surface area (Å²) in [5, 5.41) is 0. The van der Waals surface area contributed by atoms with E-state index in [1.165, 1.54) is 0 Å². The van der Waals surface area contributed by atoms with Crippen molar-refractivity contribution in [1.29, 1.82) is 0 Å². The lowest BCUT2D eigenvalue weighted by molar-refractivity contribution is 0.00623. The van der Waals surface area contributed by atoms with Crippen LogP contribution in [0.1, 0.15) is 37.2 Å². The van der Waals surface area contributed by atoms with Crippen LogP contribution in [0, 0.1) is 6.92 Å². The van der Waals surface area contributed by atoms with Crippen molar-refractivity contribution in [1.82, 2.24) is 14.5 Å². The van der Waals surface area contributed by atoms with E-state index in [2.05, 4.69) is 28.4 Å². The molecule has 2 unspecified atom stereocenters. The molecule has 3 rings (SSSR count). The van der Waals surface area contributed by atoms with Gasteiger partial charge >= 0.3 is 0 Å². The molecule has 1 saturated heterocycles. The normalized spacial score (nSPS) is 23.9. The van der Waals surface area contributed by atoms with Gasteiger partial charge in [0.05, 0.1) is 12.0 Å². The summed E-state index contributed by atoms with van der Waals surface area (Å²) >= 11 is 6.07. The van der Waals surface area contributed by atoms with Crippen LogP contribution in [0.2, 0.25) is 0 Å². The van der Waals surface area contributed by atoms with Crippen LogP contribution in [0.15, 0.2) is 12.3 Å². The molecule has 1 aliphatic rings. The van der Waals surface area contributed by atoms with Gasteiger partial charge < -0.3 is 9.30 Å². The van der Waals surface area contributed by atoms with Crippen molar-refractivity contribution in [2.75, 3.05) is 6.61 Å². The Kier molecular flexibility index (Phi) is 3.46. The standard InChI is InChI=1S/C14H18ClN3O/c1-9-3-5-16-14-13(9)17-12(8-15)18(14)11-4-6-19-10(2)7-11/h3,5,10-11H,4,6-8H2,1-2H3. The highest BCUT2D eigenvalue weighted by Crippen LogP contribution is 2.30. The van der Waals surface area contributed by atoms with Gasteiger partial charge in [-0.2, -0.15) is 0 Å². The minimum Gasteiger partial charge on any atom is -0.378 e. The molecule has 2 atom stereocenters. The number of nitrogens with zero attached hydrogens (tertiary/aromatic N) is 3. The third kappa shape index (κ3) is 2.23. The second kappa shape index (κ2) is 5.10. The van der Waals surface area contributed by atoms with Crippen LogP contribution in [0.4, 0.5) is 0 Å². The number of pyridine rings is 1. The van der Waals surface area contributed by atoms with Crippen LogP contribution < -0.4 is 0 Å². The first-order chi connectivity index (χ1) is 9.20. The van der Waals surface area contributed by atoms with Crippen molar-refractivity contribution in [3.05, 3.63) is 23.7 Å². The van der Waals surface area contributed by atoms with E-state index >= 15 is 0 Å². The largest absolute Gasteiger partial charge is 0.378 e. The molecule has 5 heteroatoms. The topological polar surface area (TPSA) is 39.9 Å². The molecule has 0 amide bonds. The summed E-state index contributed by atoms with van der Waals surface area (Å²) in [6.07, 6.45) is 4.11. The summed E-state index contributed by atoms with van der Waals surface area (Å²) in [5.74, 6) is 1.33. The molecule has 102 valence electrons. The van der Waals surface area contributed by atoms with E-state index in [4.69, 9.17) is 16.3 Å². The molecule has 0 aromatic carbocycles. The predicted octanol–water partition coefficient (Wildman–Crippen LogP) is 3.22. The zero-order chi connectivity index (χ0) is 13.4. The molecular formula is C14H18ClN3O. The minimum absolute atomic E-state index is 0.282. The molecule has 4 nitrogen and oxygen atoms in total. The number of halogens is 1. The quantitative estimate of drug-likeness (QED) is 0.793. The van der Waals surface area contributed by atoms with Crippen LogP contribution in [-0.4, -0.2) is 27.2 Å². The number of rotatable bonds is 2. The Hall–Kier alpha value is -1.13. The Balaban J connectivity index is 2.13. The van der Waals surface area contributed by atoms with Gasteiger partial charge in [-0.1, -0.05) is 0 Å². The Labute approximate surface area is 117 Å². The molecular weight excluding hydrogens is 262 g/mol. The maximum atomic E-state index is 6.07. The van der Waals surface area contributed by atoms with Gasteiger partial charge in [0, 0.05) is 18.8 Å². The monoisotopic (exact) mass is 279 g/mol. The molecule has 3 heterocycles. The Bertz CT molecular complexity index is 596. The van der Waals surface area contributed by atoms with Crippen molar-refractivity contribution in [3.8, 4) is 0 Å². The molecule has 1 fully saturated rings. The molecule has 0 radical (unpaired) electrons. The molecule has 0 saturated carbocycles. The number of imidazole rings is 1. The van der Waals surface area contributed by atoms with Crippen molar-refractivity contribution < 1.29 is 4.74 Å². The van der Waals surface area contributed by atoms with Gasteiger partial charge in [-0.05, 0) is 38.3 Å². The van der Waals surface area contributed by atoms with E-state index in [0.29, 0.717) is 11.9 Å². The highest BCUT2D eigenvalue weighted by Gasteiger charge is 2.25. The minimum atomic E-state index is 0.282. The molecule has 1 aliphatic heterocycles. The van der Waals surface area contributed by atoms with E-state index in [-0.39, 0.29) is 6.10 Å². The zero-order valence-electron chi connectivity index (χ0n) is 11.3. The summed E-state index contributed by atoms with van der Waals surface area (Å²) in [4.78, 5) is 9.17. The predicted molar refractivity (Wildman–Crippen MR) is 75.5 cm³/mol. The lowest BCUT2D eigenvalue weighted by Crippen LogP contribution is -2.26. The summed E-state index contributed by atoms with van der Waals surface area (Å²) < 4.78 is 7.84. The van der Waals surface area contributed by atoms with E-state index in [1.54, 1.807) is 0 Å². The van der Waals surface area contributed by atoms with Crippen molar-refractivity contribution >= 4 is 22.8 Å². The van der Waals surface area contributed by atoms with Gasteiger partial charge in [-0.15, -0.1) is 11.6 Å². The Morgan fingerprint density at radius 1 is 1.53 bits per heavy atom. The number of ether oxygens (including phenoxy) is 1. The fourth-order valence-electron chi connectivity index (χ4n) is 2.84. The number of alkyl halides is 1. The smallest absolute Gasteiger partial charge is 0.160 e. The molecule has 2 aromatic rings. The first-order valence-electron chi connectivity index (χ1n) is 6.70. The van der Waals surface area contributed by atoms with Crippen LogP contribution in [0.3, 0.4) is 0 Å². The van der Waals surface area contributed by atoms with Crippen LogP contribution in [-0.2, 0) is 10.6 Å². The summed E-state index contributed by atoms with van der Waals surface area (Å²) in [6.45, 7) is 4.97. The average Bonchev–Trinajstić information content (AvgIpc) is 2.78. The molecule has 0 aliphatic carbocycles. The van der Waals surface area contributed by atoms with Gasteiger partial charge in [0.15, 0.2) is 5.65 Å². The van der Waals surface area contributed by atoms with Gasteiger partial charge in [0.2, 0.25) is 0 Å². The summed E-state index contributed by atoms with van der Waals surface area (Å²) in [6, 6.07) is 2.38. The summed E-state index contributed by atoms with van der Waals surface area (Å²) in [5.41, 5.74) is 3.07. The van der Waals surface area contributed by atoms with E-state index in [1.807, 2.05) is 12.3 Å². The first-order valence-corrected chi connectivity index (χ1v) is 7.24.